The molecule has 1 aromatic rings. The Morgan fingerprint density at radius 1 is 1.44 bits per heavy atom. The summed E-state index contributed by atoms with van der Waals surface area (Å²) in [6.45, 7) is 5.73. The predicted octanol–water partition coefficient (Wildman–Crippen LogP) is 0.906. The van der Waals surface area contributed by atoms with Crippen LogP contribution in [0.4, 0.5) is 5.82 Å². The minimum atomic E-state index is 0.0624. The van der Waals surface area contributed by atoms with Crippen LogP contribution >= 0.6 is 0 Å². The molecule has 0 saturated heterocycles. The standard InChI is InChI=1S/C11H20N4O/c1-11(2,6-12)7-15(3)9-5-10(16-4)14-8-13-9/h5,8H,6-7,12H2,1-4H3. The lowest BCUT2D eigenvalue weighted by atomic mass is 9.93. The number of ether oxygens (including phenoxy) is 1. The van der Waals surface area contributed by atoms with Gasteiger partial charge in [0.2, 0.25) is 5.88 Å². The first-order chi connectivity index (χ1) is 7.48. The molecule has 0 fully saturated rings. The van der Waals surface area contributed by atoms with Crippen LogP contribution in [0.2, 0.25) is 0 Å². The van der Waals surface area contributed by atoms with E-state index in [1.165, 1.54) is 6.33 Å². The summed E-state index contributed by atoms with van der Waals surface area (Å²) in [6, 6.07) is 1.81. The lowest BCUT2D eigenvalue weighted by molar-refractivity contribution is 0.381. The molecule has 1 rings (SSSR count). The molecule has 0 bridgehead atoms. The monoisotopic (exact) mass is 224 g/mol. The van der Waals surface area contributed by atoms with Crippen molar-refractivity contribution in [1.29, 1.82) is 0 Å². The molecular weight excluding hydrogens is 204 g/mol. The van der Waals surface area contributed by atoms with Gasteiger partial charge in [0.05, 0.1) is 7.11 Å². The van der Waals surface area contributed by atoms with Crippen molar-refractivity contribution in [3.05, 3.63) is 12.4 Å². The zero-order valence-corrected chi connectivity index (χ0v) is 10.4. The van der Waals surface area contributed by atoms with Crippen LogP contribution in [0.3, 0.4) is 0 Å². The maximum atomic E-state index is 5.70. The van der Waals surface area contributed by atoms with E-state index in [0.717, 1.165) is 12.4 Å². The topological polar surface area (TPSA) is 64.3 Å². The van der Waals surface area contributed by atoms with Crippen LogP contribution < -0.4 is 15.4 Å². The van der Waals surface area contributed by atoms with Gasteiger partial charge >= 0.3 is 0 Å². The molecule has 0 aliphatic rings. The molecule has 0 saturated carbocycles. The third kappa shape index (κ3) is 3.34. The summed E-state index contributed by atoms with van der Waals surface area (Å²) in [5.74, 6) is 1.41. The van der Waals surface area contributed by atoms with Crippen molar-refractivity contribution in [2.75, 3.05) is 32.1 Å². The highest BCUT2D eigenvalue weighted by atomic mass is 16.5. The average molecular weight is 224 g/mol. The van der Waals surface area contributed by atoms with E-state index in [-0.39, 0.29) is 5.41 Å². The van der Waals surface area contributed by atoms with Crippen molar-refractivity contribution in [2.24, 2.45) is 11.1 Å². The van der Waals surface area contributed by atoms with Crippen LogP contribution in [0.15, 0.2) is 12.4 Å². The van der Waals surface area contributed by atoms with Gasteiger partial charge in [0.1, 0.15) is 12.1 Å². The highest BCUT2D eigenvalue weighted by Crippen LogP contribution is 2.19. The molecule has 0 aromatic carbocycles. The SMILES string of the molecule is COc1cc(N(C)CC(C)(C)CN)ncn1. The number of nitrogens with two attached hydrogens (primary N) is 1. The van der Waals surface area contributed by atoms with Crippen molar-refractivity contribution in [3.8, 4) is 5.88 Å². The molecule has 0 atom stereocenters. The lowest BCUT2D eigenvalue weighted by Crippen LogP contribution is -2.37. The molecule has 1 heterocycles. The summed E-state index contributed by atoms with van der Waals surface area (Å²) < 4.78 is 5.06. The fourth-order valence-electron chi connectivity index (χ4n) is 1.44. The largest absolute Gasteiger partial charge is 0.481 e. The zero-order valence-electron chi connectivity index (χ0n) is 10.4. The molecule has 0 unspecified atom stereocenters. The fraction of sp³-hybridized carbons (Fsp3) is 0.636. The molecule has 16 heavy (non-hydrogen) atoms. The molecule has 1 aromatic heterocycles. The Kier molecular flexibility index (Phi) is 4.06. The summed E-state index contributed by atoms with van der Waals surface area (Å²) in [5, 5.41) is 0. The van der Waals surface area contributed by atoms with Crippen LogP contribution in [0.1, 0.15) is 13.8 Å². The van der Waals surface area contributed by atoms with Crippen LogP contribution in [0.5, 0.6) is 5.88 Å². The van der Waals surface area contributed by atoms with E-state index in [1.54, 1.807) is 7.11 Å². The maximum absolute atomic E-state index is 5.70. The second kappa shape index (κ2) is 5.12. The number of aromatic nitrogens is 2. The van der Waals surface area contributed by atoms with Gasteiger partial charge in [-0.25, -0.2) is 9.97 Å². The first kappa shape index (κ1) is 12.7. The number of rotatable bonds is 5. The van der Waals surface area contributed by atoms with Gasteiger partial charge in [-0.2, -0.15) is 0 Å². The number of hydrogen-bond donors (Lipinski definition) is 1. The fourth-order valence-corrected chi connectivity index (χ4v) is 1.44. The third-order valence-electron chi connectivity index (χ3n) is 2.45. The number of anilines is 1. The third-order valence-corrected chi connectivity index (χ3v) is 2.45. The molecule has 5 nitrogen and oxygen atoms in total. The van der Waals surface area contributed by atoms with E-state index >= 15 is 0 Å². The van der Waals surface area contributed by atoms with Crippen LogP contribution in [0, 0.1) is 5.41 Å². The lowest BCUT2D eigenvalue weighted by Gasteiger charge is -2.29. The van der Waals surface area contributed by atoms with E-state index in [1.807, 2.05) is 13.1 Å². The summed E-state index contributed by atoms with van der Waals surface area (Å²) in [5.41, 5.74) is 5.77. The van der Waals surface area contributed by atoms with E-state index < -0.39 is 0 Å². The molecule has 5 heteroatoms. The van der Waals surface area contributed by atoms with Gasteiger partial charge in [-0.05, 0) is 12.0 Å². The van der Waals surface area contributed by atoms with Gasteiger partial charge in [-0.3, -0.25) is 0 Å². The van der Waals surface area contributed by atoms with Gasteiger partial charge in [-0.15, -0.1) is 0 Å². The van der Waals surface area contributed by atoms with Gasteiger partial charge < -0.3 is 15.4 Å². The quantitative estimate of drug-likeness (QED) is 0.805. The van der Waals surface area contributed by atoms with Crippen molar-refractivity contribution in [3.63, 3.8) is 0 Å². The van der Waals surface area contributed by atoms with E-state index in [0.29, 0.717) is 12.4 Å². The molecule has 0 aliphatic heterocycles. The molecule has 0 radical (unpaired) electrons. The number of nitrogens with zero attached hydrogens (tertiary/aromatic N) is 3. The number of hydrogen-bond acceptors (Lipinski definition) is 5. The summed E-state index contributed by atoms with van der Waals surface area (Å²) in [7, 11) is 3.58. The van der Waals surface area contributed by atoms with Gasteiger partial charge in [0.25, 0.3) is 0 Å². The van der Waals surface area contributed by atoms with Crippen LogP contribution in [-0.4, -0.2) is 37.2 Å². The van der Waals surface area contributed by atoms with Gasteiger partial charge in [0, 0.05) is 19.7 Å². The molecule has 0 aliphatic carbocycles. The maximum Gasteiger partial charge on any atom is 0.218 e. The Morgan fingerprint density at radius 2 is 2.12 bits per heavy atom. The molecule has 90 valence electrons. The second-order valence-electron chi connectivity index (χ2n) is 4.64. The Hall–Kier alpha value is -1.36. The Labute approximate surface area is 96.6 Å². The van der Waals surface area contributed by atoms with Crippen molar-refractivity contribution in [1.82, 2.24) is 9.97 Å². The minimum Gasteiger partial charge on any atom is -0.481 e. The highest BCUT2D eigenvalue weighted by molar-refractivity contribution is 5.39. The Balaban J connectivity index is 2.76. The average Bonchev–Trinajstić information content (AvgIpc) is 2.28. The van der Waals surface area contributed by atoms with Crippen molar-refractivity contribution >= 4 is 5.82 Å². The van der Waals surface area contributed by atoms with E-state index in [4.69, 9.17) is 10.5 Å². The summed E-state index contributed by atoms with van der Waals surface area (Å²) >= 11 is 0. The van der Waals surface area contributed by atoms with Crippen LogP contribution in [-0.2, 0) is 0 Å². The molecular formula is C11H20N4O. The first-order valence-electron chi connectivity index (χ1n) is 5.26. The number of methoxy groups -OCH3 is 1. The second-order valence-corrected chi connectivity index (χ2v) is 4.64. The normalized spacial score (nSPS) is 11.3. The zero-order chi connectivity index (χ0) is 12.2. The smallest absolute Gasteiger partial charge is 0.218 e. The van der Waals surface area contributed by atoms with Gasteiger partial charge in [0.15, 0.2) is 0 Å². The Bertz CT molecular complexity index is 341. The molecule has 0 spiro atoms. The Morgan fingerprint density at radius 3 is 2.69 bits per heavy atom. The summed E-state index contributed by atoms with van der Waals surface area (Å²) in [6.07, 6.45) is 1.50. The summed E-state index contributed by atoms with van der Waals surface area (Å²) in [4.78, 5) is 10.2. The van der Waals surface area contributed by atoms with E-state index in [2.05, 4.69) is 28.7 Å². The van der Waals surface area contributed by atoms with Crippen molar-refractivity contribution in [2.45, 2.75) is 13.8 Å². The molecule has 2 N–H and O–H groups in total. The van der Waals surface area contributed by atoms with Crippen LogP contribution in [0.25, 0.3) is 0 Å². The van der Waals surface area contributed by atoms with Gasteiger partial charge in [-0.1, -0.05) is 13.8 Å². The highest BCUT2D eigenvalue weighted by Gasteiger charge is 2.19. The van der Waals surface area contributed by atoms with E-state index in [9.17, 15) is 0 Å². The first-order valence-corrected chi connectivity index (χ1v) is 5.26. The molecule has 0 amide bonds. The minimum absolute atomic E-state index is 0.0624. The predicted molar refractivity (Wildman–Crippen MR) is 64.7 cm³/mol. The van der Waals surface area contributed by atoms with Crippen molar-refractivity contribution < 1.29 is 4.74 Å².